The van der Waals surface area contributed by atoms with Crippen LogP contribution in [0.25, 0.3) is 0 Å². The molecule has 0 bridgehead atoms. The highest BCUT2D eigenvalue weighted by Crippen LogP contribution is 2.40. The van der Waals surface area contributed by atoms with E-state index in [4.69, 9.17) is 14.2 Å². The fraction of sp³-hybridized carbons (Fsp3) is 0.455. The molecule has 7 nitrogen and oxygen atoms in total. The van der Waals surface area contributed by atoms with Crippen molar-refractivity contribution >= 4 is 0 Å². The molecule has 0 aliphatic carbocycles. The first-order valence-electron chi connectivity index (χ1n) is 9.81. The average molecular weight is 402 g/mol. The molecule has 2 aliphatic rings. The Morgan fingerprint density at radius 1 is 0.931 bits per heavy atom. The standard InChI is InChI=1S/C22H26O7/c1-2-12-3-5-13(6-4-12)21-15-9-14(7-8-16(15)27-11-28-21)22-20(26)19(25)18(24)17(10-23)29-22/h3-9,17-26H,2,10-11H2,1H3/t17?,18?,19?,20?,21-,22?/m1/s1. The molecule has 1 fully saturated rings. The molecule has 0 saturated carbocycles. The van der Waals surface area contributed by atoms with Crippen LogP contribution >= 0.6 is 0 Å². The van der Waals surface area contributed by atoms with Crippen molar-refractivity contribution in [3.8, 4) is 5.75 Å². The lowest BCUT2D eigenvalue weighted by Gasteiger charge is -2.40. The minimum absolute atomic E-state index is 0.132. The van der Waals surface area contributed by atoms with Crippen LogP contribution < -0.4 is 4.74 Å². The first-order valence-corrected chi connectivity index (χ1v) is 9.81. The van der Waals surface area contributed by atoms with Gasteiger partial charge in [-0.15, -0.1) is 0 Å². The first kappa shape index (κ1) is 20.3. The number of rotatable bonds is 4. The predicted molar refractivity (Wildman–Crippen MR) is 103 cm³/mol. The quantitative estimate of drug-likeness (QED) is 0.609. The van der Waals surface area contributed by atoms with Crippen molar-refractivity contribution in [2.75, 3.05) is 13.4 Å². The second-order valence-electron chi connectivity index (χ2n) is 7.45. The highest BCUT2D eigenvalue weighted by Gasteiger charge is 2.44. The van der Waals surface area contributed by atoms with Crippen LogP contribution in [0.4, 0.5) is 0 Å². The van der Waals surface area contributed by atoms with Crippen LogP contribution in [0.2, 0.25) is 0 Å². The number of hydrogen-bond donors (Lipinski definition) is 4. The molecular formula is C22H26O7. The van der Waals surface area contributed by atoms with Crippen molar-refractivity contribution in [1.29, 1.82) is 0 Å². The number of aliphatic hydroxyl groups is 4. The van der Waals surface area contributed by atoms with E-state index in [1.165, 1.54) is 5.56 Å². The molecule has 2 heterocycles. The SMILES string of the molecule is CCc1ccc([C@H]2OCOc3ccc(C4OC(CO)C(O)C(O)C4O)cc32)cc1. The number of ether oxygens (including phenoxy) is 3. The largest absolute Gasteiger partial charge is 0.467 e. The van der Waals surface area contributed by atoms with E-state index >= 15 is 0 Å². The van der Waals surface area contributed by atoms with Crippen LogP contribution in [0.1, 0.15) is 41.4 Å². The van der Waals surface area contributed by atoms with E-state index in [9.17, 15) is 20.4 Å². The number of benzene rings is 2. The summed E-state index contributed by atoms with van der Waals surface area (Å²) in [5.41, 5.74) is 3.61. The number of aryl methyl sites for hydroxylation is 1. The third-order valence-electron chi connectivity index (χ3n) is 5.68. The molecule has 0 spiro atoms. The maximum Gasteiger partial charge on any atom is 0.190 e. The summed E-state index contributed by atoms with van der Waals surface area (Å²) in [6.45, 7) is 1.76. The Bertz CT molecular complexity index is 836. The minimum atomic E-state index is -1.42. The molecule has 4 N–H and O–H groups in total. The highest BCUT2D eigenvalue weighted by atomic mass is 16.7. The van der Waals surface area contributed by atoms with Gasteiger partial charge in [-0.25, -0.2) is 0 Å². The molecule has 156 valence electrons. The molecule has 0 radical (unpaired) electrons. The predicted octanol–water partition coefficient (Wildman–Crippen LogP) is 1.22. The Morgan fingerprint density at radius 2 is 1.66 bits per heavy atom. The highest BCUT2D eigenvalue weighted by molar-refractivity contribution is 5.45. The lowest BCUT2D eigenvalue weighted by molar-refractivity contribution is -0.231. The lowest BCUT2D eigenvalue weighted by atomic mass is 9.89. The van der Waals surface area contributed by atoms with Gasteiger partial charge in [0.2, 0.25) is 0 Å². The lowest BCUT2D eigenvalue weighted by Crippen LogP contribution is -2.55. The van der Waals surface area contributed by atoms with Crippen LogP contribution in [0, 0.1) is 0 Å². The van der Waals surface area contributed by atoms with Crippen molar-refractivity contribution in [2.45, 2.75) is 50.0 Å². The molecule has 1 saturated heterocycles. The van der Waals surface area contributed by atoms with Crippen molar-refractivity contribution in [2.24, 2.45) is 0 Å². The topological polar surface area (TPSA) is 109 Å². The van der Waals surface area contributed by atoms with Crippen LogP contribution in [0.15, 0.2) is 42.5 Å². The first-order chi connectivity index (χ1) is 14.0. The second kappa shape index (κ2) is 8.39. The van der Waals surface area contributed by atoms with E-state index in [0.29, 0.717) is 11.3 Å². The number of fused-ring (bicyclic) bond motifs is 1. The molecule has 29 heavy (non-hydrogen) atoms. The molecule has 4 rings (SSSR count). The van der Waals surface area contributed by atoms with Crippen LogP contribution in [-0.4, -0.2) is 58.2 Å². The van der Waals surface area contributed by atoms with Crippen molar-refractivity contribution in [3.05, 3.63) is 64.7 Å². The zero-order chi connectivity index (χ0) is 20.5. The summed E-state index contributed by atoms with van der Waals surface area (Å²) < 4.78 is 17.2. The van der Waals surface area contributed by atoms with E-state index in [0.717, 1.165) is 17.5 Å². The van der Waals surface area contributed by atoms with Crippen molar-refractivity contribution < 1.29 is 34.6 Å². The number of aliphatic hydroxyl groups excluding tert-OH is 4. The van der Waals surface area contributed by atoms with E-state index in [1.54, 1.807) is 12.1 Å². The van der Waals surface area contributed by atoms with Gasteiger partial charge in [0, 0.05) is 5.56 Å². The Balaban J connectivity index is 1.67. The van der Waals surface area contributed by atoms with Gasteiger partial charge in [-0.2, -0.15) is 0 Å². The second-order valence-corrected chi connectivity index (χ2v) is 7.45. The minimum Gasteiger partial charge on any atom is -0.467 e. The summed E-state index contributed by atoms with van der Waals surface area (Å²) in [7, 11) is 0. The average Bonchev–Trinajstić information content (AvgIpc) is 2.77. The molecule has 6 atom stereocenters. The number of hydrogen-bond acceptors (Lipinski definition) is 7. The molecule has 5 unspecified atom stereocenters. The Morgan fingerprint density at radius 3 is 2.34 bits per heavy atom. The molecule has 0 aromatic heterocycles. The van der Waals surface area contributed by atoms with Gasteiger partial charge in [0.1, 0.15) is 42.4 Å². The van der Waals surface area contributed by atoms with Gasteiger partial charge in [0.25, 0.3) is 0 Å². The van der Waals surface area contributed by atoms with Gasteiger partial charge >= 0.3 is 0 Å². The zero-order valence-corrected chi connectivity index (χ0v) is 16.1. The Hall–Kier alpha value is -2.00. The van der Waals surface area contributed by atoms with Gasteiger partial charge in [0.05, 0.1) is 6.61 Å². The maximum atomic E-state index is 10.4. The van der Waals surface area contributed by atoms with Crippen LogP contribution in [0.3, 0.4) is 0 Å². The molecule has 0 amide bonds. The van der Waals surface area contributed by atoms with E-state index in [2.05, 4.69) is 19.1 Å². The Kier molecular flexibility index (Phi) is 5.87. The fourth-order valence-electron chi connectivity index (χ4n) is 3.92. The zero-order valence-electron chi connectivity index (χ0n) is 16.1. The molecule has 7 heteroatoms. The van der Waals surface area contributed by atoms with Gasteiger partial charge in [-0.05, 0) is 35.2 Å². The van der Waals surface area contributed by atoms with E-state index < -0.39 is 37.1 Å². The monoisotopic (exact) mass is 402 g/mol. The molecule has 2 aromatic carbocycles. The third kappa shape index (κ3) is 3.77. The summed E-state index contributed by atoms with van der Waals surface area (Å²) in [6, 6.07) is 13.5. The molecular weight excluding hydrogens is 376 g/mol. The summed E-state index contributed by atoms with van der Waals surface area (Å²) >= 11 is 0. The van der Waals surface area contributed by atoms with Crippen LogP contribution in [0.5, 0.6) is 5.75 Å². The maximum absolute atomic E-state index is 10.4. The summed E-state index contributed by atoms with van der Waals surface area (Å²) in [4.78, 5) is 0. The third-order valence-corrected chi connectivity index (χ3v) is 5.68. The Labute approximate surface area is 169 Å². The summed E-state index contributed by atoms with van der Waals surface area (Å²) in [5.74, 6) is 0.675. The molecule has 2 aliphatic heterocycles. The van der Waals surface area contributed by atoms with E-state index in [-0.39, 0.29) is 12.9 Å². The van der Waals surface area contributed by atoms with Gasteiger partial charge in [-0.3, -0.25) is 0 Å². The fourth-order valence-corrected chi connectivity index (χ4v) is 3.92. The normalized spacial score (nSPS) is 31.8. The van der Waals surface area contributed by atoms with Crippen molar-refractivity contribution in [3.63, 3.8) is 0 Å². The van der Waals surface area contributed by atoms with E-state index in [1.807, 2.05) is 18.2 Å². The smallest absolute Gasteiger partial charge is 0.190 e. The summed E-state index contributed by atoms with van der Waals surface area (Å²) in [5, 5.41) is 40.0. The van der Waals surface area contributed by atoms with Crippen molar-refractivity contribution in [1.82, 2.24) is 0 Å². The van der Waals surface area contributed by atoms with Gasteiger partial charge < -0.3 is 34.6 Å². The molecule has 2 aromatic rings. The summed E-state index contributed by atoms with van der Waals surface area (Å²) in [6.07, 6.45) is -5.40. The van der Waals surface area contributed by atoms with Gasteiger partial charge in [-0.1, -0.05) is 37.3 Å². The van der Waals surface area contributed by atoms with Gasteiger partial charge in [0.15, 0.2) is 6.79 Å². The van der Waals surface area contributed by atoms with Crippen LogP contribution in [-0.2, 0) is 15.9 Å².